The molecule has 38 heavy (non-hydrogen) atoms. The van der Waals surface area contributed by atoms with E-state index in [0.29, 0.717) is 23.6 Å². The summed E-state index contributed by atoms with van der Waals surface area (Å²) in [4.78, 5) is 53.3. The average molecular weight is 535 g/mol. The maximum atomic E-state index is 13.7. The Labute approximate surface area is 227 Å². The molecule has 1 aromatic carbocycles. The van der Waals surface area contributed by atoms with Crippen LogP contribution in [-0.4, -0.2) is 59.9 Å². The number of hydrogen-bond donors (Lipinski definition) is 1. The summed E-state index contributed by atoms with van der Waals surface area (Å²) in [5, 5.41) is 3.48. The molecule has 3 aromatic rings. The zero-order valence-corrected chi connectivity index (χ0v) is 22.6. The third kappa shape index (κ3) is 5.62. The first-order chi connectivity index (χ1) is 18.2. The van der Waals surface area contributed by atoms with E-state index in [1.54, 1.807) is 49.9 Å². The van der Waals surface area contributed by atoms with Gasteiger partial charge in [-0.15, -0.1) is 0 Å². The second-order valence-electron chi connectivity index (χ2n) is 9.45. The summed E-state index contributed by atoms with van der Waals surface area (Å²) in [6.07, 6.45) is 5.73. The maximum absolute atomic E-state index is 13.7. The number of aromatic nitrogens is 2. The Morgan fingerprint density at radius 1 is 1.08 bits per heavy atom. The molecule has 2 aromatic heterocycles. The molecule has 1 aliphatic rings. The van der Waals surface area contributed by atoms with Crippen LogP contribution >= 0.6 is 11.6 Å². The number of anilines is 2. The quantitative estimate of drug-likeness (QED) is 0.437. The number of likely N-dealkylation sites (tertiary alicyclic amines) is 1. The van der Waals surface area contributed by atoms with Crippen LogP contribution in [0.15, 0.2) is 67.1 Å². The van der Waals surface area contributed by atoms with Crippen molar-refractivity contribution in [2.75, 3.05) is 30.9 Å². The molecule has 1 aliphatic heterocycles. The Kier molecular flexibility index (Phi) is 8.26. The van der Waals surface area contributed by atoms with E-state index in [9.17, 15) is 14.4 Å². The number of imide groups is 1. The molecule has 3 heterocycles. The van der Waals surface area contributed by atoms with E-state index in [2.05, 4.69) is 15.3 Å². The number of pyridine rings is 2. The smallest absolute Gasteiger partial charge is 0.325 e. The van der Waals surface area contributed by atoms with E-state index in [1.807, 2.05) is 50.2 Å². The van der Waals surface area contributed by atoms with Gasteiger partial charge < -0.3 is 15.1 Å². The Morgan fingerprint density at radius 3 is 2.47 bits per heavy atom. The van der Waals surface area contributed by atoms with Gasteiger partial charge in [-0.1, -0.05) is 30.7 Å². The molecular weight excluding hydrogens is 504 g/mol. The highest BCUT2D eigenvalue weighted by Crippen LogP contribution is 2.33. The summed E-state index contributed by atoms with van der Waals surface area (Å²) in [5.74, 6) is -0.698. The minimum Gasteiger partial charge on any atom is -0.363 e. The van der Waals surface area contributed by atoms with Gasteiger partial charge in [0.15, 0.2) is 0 Å². The molecular formula is C28H31ClN6O3. The van der Waals surface area contributed by atoms with Crippen LogP contribution in [0.4, 0.5) is 16.3 Å². The number of β-lactam (4-membered cyclic amide) rings is 1. The van der Waals surface area contributed by atoms with Crippen molar-refractivity contribution in [1.82, 2.24) is 20.2 Å². The number of hydrogen-bond acceptors (Lipinski definition) is 6. The van der Waals surface area contributed by atoms with Crippen molar-refractivity contribution in [1.29, 1.82) is 0 Å². The Hall–Kier alpha value is -3.98. The molecule has 0 spiro atoms. The number of nitrogens with one attached hydrogen (secondary N) is 1. The van der Waals surface area contributed by atoms with Gasteiger partial charge in [0.2, 0.25) is 5.91 Å². The largest absolute Gasteiger partial charge is 0.363 e. The lowest BCUT2D eigenvalue weighted by molar-refractivity contribution is -0.156. The molecule has 4 amide bonds. The lowest BCUT2D eigenvalue weighted by atomic mass is 9.81. The standard InChI is InChI=1S/C28H31ClN6O3/c1-5-23(19-7-6-8-20(29)17-19)32-28(38)35-25(27(37)34(4)21-10-12-30-13-11-21)22(26(35)36)15-18-9-14-31-24(16-18)33(2)3/h6-14,16-17,22-23,25H,5,15H2,1-4H3,(H,32,38)/t22?,23-,25+/m1/s1. The second-order valence-corrected chi connectivity index (χ2v) is 9.88. The van der Waals surface area contributed by atoms with Crippen molar-refractivity contribution in [3.8, 4) is 0 Å². The van der Waals surface area contributed by atoms with Gasteiger partial charge in [0.05, 0.1) is 12.0 Å². The number of benzene rings is 1. The monoisotopic (exact) mass is 534 g/mol. The van der Waals surface area contributed by atoms with Crippen LogP contribution in [0.25, 0.3) is 0 Å². The van der Waals surface area contributed by atoms with Gasteiger partial charge in [-0.05, 0) is 60.4 Å². The maximum Gasteiger partial charge on any atom is 0.325 e. The van der Waals surface area contributed by atoms with Gasteiger partial charge in [-0.25, -0.2) is 9.78 Å². The molecule has 1 saturated heterocycles. The minimum atomic E-state index is -0.964. The number of nitrogens with zero attached hydrogens (tertiary/aromatic N) is 5. The number of carbonyl (C=O) groups is 3. The summed E-state index contributed by atoms with van der Waals surface area (Å²) in [7, 11) is 5.39. The highest BCUT2D eigenvalue weighted by atomic mass is 35.5. The molecule has 4 rings (SSSR count). The van der Waals surface area contributed by atoms with E-state index >= 15 is 0 Å². The van der Waals surface area contributed by atoms with Crippen LogP contribution in [0.2, 0.25) is 5.02 Å². The molecule has 1 unspecified atom stereocenters. The van der Waals surface area contributed by atoms with Crippen molar-refractivity contribution < 1.29 is 14.4 Å². The van der Waals surface area contributed by atoms with Crippen LogP contribution in [0.1, 0.15) is 30.5 Å². The number of likely N-dealkylation sites (N-methyl/N-ethyl adjacent to an activating group) is 1. The molecule has 3 atom stereocenters. The van der Waals surface area contributed by atoms with Crippen LogP contribution in [0, 0.1) is 5.92 Å². The fraction of sp³-hybridized carbons (Fsp3) is 0.321. The predicted octanol–water partition coefficient (Wildman–Crippen LogP) is 4.09. The summed E-state index contributed by atoms with van der Waals surface area (Å²) in [6, 6.07) is 12.4. The van der Waals surface area contributed by atoms with Crippen molar-refractivity contribution >= 4 is 41.0 Å². The first kappa shape index (κ1) is 27.1. The minimum absolute atomic E-state index is 0.304. The summed E-state index contributed by atoms with van der Waals surface area (Å²) >= 11 is 6.15. The van der Waals surface area contributed by atoms with Gasteiger partial charge in [0, 0.05) is 50.4 Å². The van der Waals surface area contributed by atoms with Crippen LogP contribution in [-0.2, 0) is 16.0 Å². The highest BCUT2D eigenvalue weighted by Gasteiger charge is 2.55. The van der Waals surface area contributed by atoms with E-state index < -0.39 is 23.9 Å². The summed E-state index contributed by atoms with van der Waals surface area (Å²) < 4.78 is 0. The molecule has 0 aliphatic carbocycles. The summed E-state index contributed by atoms with van der Waals surface area (Å²) in [5.41, 5.74) is 2.30. The average Bonchev–Trinajstić information content (AvgIpc) is 2.92. The number of amides is 4. The fourth-order valence-electron chi connectivity index (χ4n) is 4.60. The molecule has 198 valence electrons. The van der Waals surface area contributed by atoms with Crippen molar-refractivity contribution in [2.45, 2.75) is 31.8 Å². The lowest BCUT2D eigenvalue weighted by Crippen LogP contribution is -2.70. The van der Waals surface area contributed by atoms with Gasteiger partial charge in [0.25, 0.3) is 5.91 Å². The first-order valence-corrected chi connectivity index (χ1v) is 12.8. The number of carbonyl (C=O) groups excluding carboxylic acids is 3. The molecule has 0 bridgehead atoms. The third-order valence-electron chi connectivity index (χ3n) is 6.75. The molecule has 0 saturated carbocycles. The molecule has 1 fully saturated rings. The fourth-order valence-corrected chi connectivity index (χ4v) is 4.80. The SMILES string of the molecule is CC[C@@H](NC(=O)N1C(=O)C(Cc2ccnc(N(C)C)c2)[C@H]1C(=O)N(C)c1ccncc1)c1cccc(Cl)c1. The van der Waals surface area contributed by atoms with Crippen LogP contribution < -0.4 is 15.1 Å². The topological polar surface area (TPSA) is 98.7 Å². The van der Waals surface area contributed by atoms with Crippen LogP contribution in [0.3, 0.4) is 0 Å². The van der Waals surface area contributed by atoms with Gasteiger partial charge in [-0.2, -0.15) is 0 Å². The zero-order chi connectivity index (χ0) is 27.4. The van der Waals surface area contributed by atoms with E-state index in [0.717, 1.165) is 21.8 Å². The molecule has 1 N–H and O–H groups in total. The van der Waals surface area contributed by atoms with Gasteiger partial charge in [-0.3, -0.25) is 19.5 Å². The van der Waals surface area contributed by atoms with Gasteiger partial charge in [0.1, 0.15) is 11.9 Å². The Balaban J connectivity index is 1.61. The van der Waals surface area contributed by atoms with Crippen molar-refractivity contribution in [3.05, 3.63) is 83.3 Å². The molecule has 10 heteroatoms. The van der Waals surface area contributed by atoms with Crippen molar-refractivity contribution in [2.24, 2.45) is 5.92 Å². The number of rotatable bonds is 8. The van der Waals surface area contributed by atoms with E-state index in [-0.39, 0.29) is 11.9 Å². The molecule has 0 radical (unpaired) electrons. The zero-order valence-electron chi connectivity index (χ0n) is 21.8. The Morgan fingerprint density at radius 2 is 1.82 bits per heavy atom. The molecule has 9 nitrogen and oxygen atoms in total. The second kappa shape index (κ2) is 11.6. The van der Waals surface area contributed by atoms with Crippen LogP contribution in [0.5, 0.6) is 0 Å². The normalized spacial score (nSPS) is 17.4. The van der Waals surface area contributed by atoms with Crippen molar-refractivity contribution in [3.63, 3.8) is 0 Å². The predicted molar refractivity (Wildman–Crippen MR) is 147 cm³/mol. The first-order valence-electron chi connectivity index (χ1n) is 12.4. The van der Waals surface area contributed by atoms with E-state index in [4.69, 9.17) is 11.6 Å². The lowest BCUT2D eigenvalue weighted by Gasteiger charge is -2.46. The number of halogens is 1. The van der Waals surface area contributed by atoms with Gasteiger partial charge >= 0.3 is 6.03 Å². The van der Waals surface area contributed by atoms with E-state index in [1.165, 1.54) is 4.90 Å². The Bertz CT molecular complexity index is 1320. The summed E-state index contributed by atoms with van der Waals surface area (Å²) in [6.45, 7) is 1.93. The highest BCUT2D eigenvalue weighted by molar-refractivity contribution is 6.30. The third-order valence-corrected chi connectivity index (χ3v) is 6.98. The number of urea groups is 1.